The van der Waals surface area contributed by atoms with Gasteiger partial charge in [0.2, 0.25) is 11.8 Å². The summed E-state index contributed by atoms with van der Waals surface area (Å²) in [7, 11) is 0. The van der Waals surface area contributed by atoms with Crippen LogP contribution in [0.5, 0.6) is 0 Å². The molecule has 6 heteroatoms. The number of hydrogen-bond acceptors (Lipinski definition) is 3. The van der Waals surface area contributed by atoms with Crippen LogP contribution < -0.4 is 4.90 Å². The van der Waals surface area contributed by atoms with Gasteiger partial charge in [0.25, 0.3) is 5.91 Å². The first kappa shape index (κ1) is 18.1. The molecule has 1 saturated carbocycles. The number of amides is 3. The summed E-state index contributed by atoms with van der Waals surface area (Å²) in [6, 6.07) is 6.54. The van der Waals surface area contributed by atoms with Crippen LogP contribution in [0.25, 0.3) is 0 Å². The van der Waals surface area contributed by atoms with E-state index >= 15 is 0 Å². The highest BCUT2D eigenvalue weighted by atomic mass is 79.9. The molecule has 0 bridgehead atoms. The Morgan fingerprint density at radius 3 is 2.44 bits per heavy atom. The van der Waals surface area contributed by atoms with Gasteiger partial charge in [-0.2, -0.15) is 0 Å². The molecule has 1 aliphatic heterocycles. The molecule has 1 heterocycles. The second-order valence-corrected chi connectivity index (χ2v) is 7.67. The first-order valence-corrected chi connectivity index (χ1v) is 9.75. The summed E-state index contributed by atoms with van der Waals surface area (Å²) in [6.45, 7) is 1.96. The number of carbonyl (C=O) groups is 3. The van der Waals surface area contributed by atoms with Crippen molar-refractivity contribution < 1.29 is 14.4 Å². The Hall–Kier alpha value is -1.69. The minimum absolute atomic E-state index is 0.00166. The standard InChI is InChI=1S/C19H23BrN2O3/c1-2-5-17(23)21(14-6-3-4-7-14)16-12-18(24)22(19(16)25)15-10-8-13(20)9-11-15/h8-11,14,16H,2-7,12H2,1H3. The molecule has 1 saturated heterocycles. The molecule has 25 heavy (non-hydrogen) atoms. The lowest BCUT2D eigenvalue weighted by atomic mass is 10.1. The Morgan fingerprint density at radius 2 is 1.84 bits per heavy atom. The van der Waals surface area contributed by atoms with Gasteiger partial charge in [-0.1, -0.05) is 35.7 Å². The molecule has 5 nitrogen and oxygen atoms in total. The molecule has 1 aromatic rings. The van der Waals surface area contributed by atoms with Crippen LogP contribution in [0.2, 0.25) is 0 Å². The van der Waals surface area contributed by atoms with Crippen molar-refractivity contribution in [3.8, 4) is 0 Å². The van der Waals surface area contributed by atoms with Crippen LogP contribution in [0.3, 0.4) is 0 Å². The van der Waals surface area contributed by atoms with E-state index in [0.29, 0.717) is 12.1 Å². The van der Waals surface area contributed by atoms with E-state index in [2.05, 4.69) is 15.9 Å². The van der Waals surface area contributed by atoms with E-state index < -0.39 is 6.04 Å². The van der Waals surface area contributed by atoms with Crippen LogP contribution in [0.4, 0.5) is 5.69 Å². The summed E-state index contributed by atoms with van der Waals surface area (Å²) in [5, 5.41) is 0. The van der Waals surface area contributed by atoms with Crippen molar-refractivity contribution in [2.45, 2.75) is 64.0 Å². The molecule has 1 aliphatic carbocycles. The third kappa shape index (κ3) is 3.64. The number of benzene rings is 1. The van der Waals surface area contributed by atoms with Crippen molar-refractivity contribution in [3.63, 3.8) is 0 Å². The molecule has 0 N–H and O–H groups in total. The maximum atomic E-state index is 13.0. The Balaban J connectivity index is 1.87. The van der Waals surface area contributed by atoms with Crippen LogP contribution in [0, 0.1) is 0 Å². The zero-order valence-electron chi connectivity index (χ0n) is 14.4. The summed E-state index contributed by atoms with van der Waals surface area (Å²) in [4.78, 5) is 41.2. The Labute approximate surface area is 156 Å². The van der Waals surface area contributed by atoms with Gasteiger partial charge < -0.3 is 4.90 Å². The minimum atomic E-state index is -0.654. The predicted octanol–water partition coefficient (Wildman–Crippen LogP) is 3.65. The van der Waals surface area contributed by atoms with Crippen LogP contribution in [0.15, 0.2) is 28.7 Å². The minimum Gasteiger partial charge on any atom is -0.327 e. The van der Waals surface area contributed by atoms with Gasteiger partial charge in [-0.05, 0) is 43.5 Å². The highest BCUT2D eigenvalue weighted by Gasteiger charge is 2.46. The highest BCUT2D eigenvalue weighted by Crippen LogP contribution is 2.32. The van der Waals surface area contributed by atoms with Gasteiger partial charge in [0.05, 0.1) is 12.1 Å². The van der Waals surface area contributed by atoms with E-state index in [9.17, 15) is 14.4 Å². The largest absolute Gasteiger partial charge is 0.327 e. The SMILES string of the molecule is CCCC(=O)N(C1CCCC1)C1CC(=O)N(c2ccc(Br)cc2)C1=O. The van der Waals surface area contributed by atoms with E-state index in [0.717, 1.165) is 36.6 Å². The van der Waals surface area contributed by atoms with Gasteiger partial charge >= 0.3 is 0 Å². The summed E-state index contributed by atoms with van der Waals surface area (Å²) >= 11 is 3.36. The maximum absolute atomic E-state index is 13.0. The van der Waals surface area contributed by atoms with Crippen LogP contribution in [-0.4, -0.2) is 34.7 Å². The van der Waals surface area contributed by atoms with E-state index in [-0.39, 0.29) is 30.2 Å². The fraction of sp³-hybridized carbons (Fsp3) is 0.526. The monoisotopic (exact) mass is 406 g/mol. The number of carbonyl (C=O) groups excluding carboxylic acids is 3. The zero-order chi connectivity index (χ0) is 18.0. The molecule has 0 aromatic heterocycles. The molecule has 0 spiro atoms. The summed E-state index contributed by atoms with van der Waals surface area (Å²) < 4.78 is 0.887. The van der Waals surface area contributed by atoms with Crippen molar-refractivity contribution in [3.05, 3.63) is 28.7 Å². The Morgan fingerprint density at radius 1 is 1.20 bits per heavy atom. The molecule has 1 unspecified atom stereocenters. The third-order valence-electron chi connectivity index (χ3n) is 5.01. The number of nitrogens with zero attached hydrogens (tertiary/aromatic N) is 2. The van der Waals surface area contributed by atoms with Gasteiger partial charge in [0, 0.05) is 16.9 Å². The smallest absolute Gasteiger partial charge is 0.257 e. The number of imide groups is 1. The van der Waals surface area contributed by atoms with Crippen molar-refractivity contribution in [1.82, 2.24) is 4.90 Å². The lowest BCUT2D eigenvalue weighted by Crippen LogP contribution is -2.50. The van der Waals surface area contributed by atoms with E-state index in [1.165, 1.54) is 4.90 Å². The van der Waals surface area contributed by atoms with Gasteiger partial charge in [-0.15, -0.1) is 0 Å². The van der Waals surface area contributed by atoms with Gasteiger partial charge in [0.1, 0.15) is 6.04 Å². The number of hydrogen-bond donors (Lipinski definition) is 0. The van der Waals surface area contributed by atoms with E-state index in [1.54, 1.807) is 29.2 Å². The van der Waals surface area contributed by atoms with Gasteiger partial charge in [0.15, 0.2) is 0 Å². The summed E-state index contributed by atoms with van der Waals surface area (Å²) in [5.74, 6) is -0.508. The molecule has 2 aliphatic rings. The highest BCUT2D eigenvalue weighted by molar-refractivity contribution is 9.10. The molecule has 1 aromatic carbocycles. The Kier molecular flexibility index (Phi) is 5.57. The molecule has 1 atom stereocenters. The fourth-order valence-corrected chi connectivity index (χ4v) is 4.12. The molecule has 2 fully saturated rings. The first-order chi connectivity index (χ1) is 12.0. The summed E-state index contributed by atoms with van der Waals surface area (Å²) in [5.41, 5.74) is 0.565. The second-order valence-electron chi connectivity index (χ2n) is 6.75. The predicted molar refractivity (Wildman–Crippen MR) is 99.1 cm³/mol. The average molecular weight is 407 g/mol. The molecule has 0 radical (unpaired) electrons. The lowest BCUT2D eigenvalue weighted by molar-refractivity contribution is -0.141. The van der Waals surface area contributed by atoms with E-state index in [1.807, 2.05) is 6.92 Å². The first-order valence-electron chi connectivity index (χ1n) is 8.96. The number of halogens is 1. The number of anilines is 1. The Bertz CT molecular complexity index is 668. The van der Waals surface area contributed by atoms with Crippen LogP contribution >= 0.6 is 15.9 Å². The fourth-order valence-electron chi connectivity index (χ4n) is 3.85. The van der Waals surface area contributed by atoms with Crippen molar-refractivity contribution in [2.24, 2.45) is 0 Å². The number of rotatable bonds is 5. The van der Waals surface area contributed by atoms with Gasteiger partial charge in [-0.3, -0.25) is 14.4 Å². The molecule has 3 amide bonds. The van der Waals surface area contributed by atoms with Crippen LogP contribution in [0.1, 0.15) is 51.9 Å². The molecular weight excluding hydrogens is 384 g/mol. The summed E-state index contributed by atoms with van der Waals surface area (Å²) in [6.07, 6.45) is 5.25. The third-order valence-corrected chi connectivity index (χ3v) is 5.54. The van der Waals surface area contributed by atoms with Crippen molar-refractivity contribution >= 4 is 39.3 Å². The normalized spacial score (nSPS) is 21.2. The quantitative estimate of drug-likeness (QED) is 0.701. The molecular formula is C19H23BrN2O3. The van der Waals surface area contributed by atoms with Gasteiger partial charge in [-0.25, -0.2) is 4.90 Å². The second kappa shape index (κ2) is 7.68. The zero-order valence-corrected chi connectivity index (χ0v) is 16.0. The van der Waals surface area contributed by atoms with Crippen molar-refractivity contribution in [1.29, 1.82) is 0 Å². The van der Waals surface area contributed by atoms with Crippen molar-refractivity contribution in [2.75, 3.05) is 4.90 Å². The topological polar surface area (TPSA) is 57.7 Å². The van der Waals surface area contributed by atoms with E-state index in [4.69, 9.17) is 0 Å². The molecule has 134 valence electrons. The lowest BCUT2D eigenvalue weighted by Gasteiger charge is -2.33. The van der Waals surface area contributed by atoms with Crippen LogP contribution in [-0.2, 0) is 14.4 Å². The molecule has 3 rings (SSSR count). The average Bonchev–Trinajstić information content (AvgIpc) is 3.19. The maximum Gasteiger partial charge on any atom is 0.257 e.